The zero-order valence-corrected chi connectivity index (χ0v) is 12.3. The molecule has 104 valence electrons. The minimum Gasteiger partial charge on any atom is -0.454 e. The van der Waals surface area contributed by atoms with Gasteiger partial charge in [-0.25, -0.2) is 0 Å². The topological polar surface area (TPSA) is 50.7 Å². The lowest BCUT2D eigenvalue weighted by atomic mass is 10.1. The fraction of sp³-hybridized carbons (Fsp3) is 0.571. The molecule has 0 saturated heterocycles. The van der Waals surface area contributed by atoms with Gasteiger partial charge in [0.1, 0.15) is 0 Å². The molecule has 1 heterocycles. The highest BCUT2D eigenvalue weighted by Crippen LogP contribution is 2.40. The maximum Gasteiger partial charge on any atom is 0.231 e. The van der Waals surface area contributed by atoms with E-state index in [-0.39, 0.29) is 6.61 Å². The largest absolute Gasteiger partial charge is 0.454 e. The van der Waals surface area contributed by atoms with Crippen LogP contribution in [0.15, 0.2) is 16.6 Å². The Hall–Kier alpha value is -0.780. The summed E-state index contributed by atoms with van der Waals surface area (Å²) in [4.78, 5) is 0. The molecular weight excluding hydrogens is 310 g/mol. The highest BCUT2D eigenvalue weighted by molar-refractivity contribution is 9.10. The van der Waals surface area contributed by atoms with Crippen molar-refractivity contribution in [3.63, 3.8) is 0 Å². The first-order chi connectivity index (χ1) is 9.28. The Morgan fingerprint density at radius 3 is 2.95 bits per heavy atom. The number of nitrogens with one attached hydrogen (secondary N) is 1. The van der Waals surface area contributed by atoms with E-state index in [2.05, 4.69) is 27.3 Å². The van der Waals surface area contributed by atoms with E-state index in [9.17, 15) is 0 Å². The van der Waals surface area contributed by atoms with Crippen molar-refractivity contribution in [3.05, 3.63) is 22.2 Å². The lowest BCUT2D eigenvalue weighted by Crippen LogP contribution is -2.31. The number of aliphatic hydroxyl groups excluding tert-OH is 1. The van der Waals surface area contributed by atoms with Crippen molar-refractivity contribution >= 4 is 15.9 Å². The Morgan fingerprint density at radius 1 is 1.37 bits per heavy atom. The van der Waals surface area contributed by atoms with E-state index >= 15 is 0 Å². The van der Waals surface area contributed by atoms with Crippen molar-refractivity contribution in [1.29, 1.82) is 0 Å². The minimum absolute atomic E-state index is 0.249. The van der Waals surface area contributed by atoms with Gasteiger partial charge in [-0.1, -0.05) is 0 Å². The Kier molecular flexibility index (Phi) is 3.96. The third-order valence-electron chi connectivity index (χ3n) is 3.69. The molecule has 1 aliphatic heterocycles. The first kappa shape index (κ1) is 13.2. The van der Waals surface area contributed by atoms with Crippen LogP contribution < -0.4 is 14.8 Å². The molecule has 0 bridgehead atoms. The predicted molar refractivity (Wildman–Crippen MR) is 75.3 cm³/mol. The molecule has 1 fully saturated rings. The van der Waals surface area contributed by atoms with Crippen LogP contribution in [0.5, 0.6) is 11.5 Å². The lowest BCUT2D eigenvalue weighted by molar-refractivity contribution is 0.173. The molecule has 2 aliphatic rings. The first-order valence-corrected chi connectivity index (χ1v) is 7.49. The first-order valence-electron chi connectivity index (χ1n) is 6.70. The van der Waals surface area contributed by atoms with Crippen LogP contribution in [0, 0.1) is 5.92 Å². The molecule has 0 aromatic heterocycles. The van der Waals surface area contributed by atoms with Crippen LogP contribution in [0.4, 0.5) is 0 Å². The molecule has 5 heteroatoms. The second-order valence-corrected chi connectivity index (χ2v) is 6.00. The van der Waals surface area contributed by atoms with Gasteiger partial charge in [0, 0.05) is 19.2 Å². The standard InChI is InChI=1S/C14H18BrNO3/c15-11-5-9(6-13-14(11)19-8-18-13)7-16-12(3-4-17)10-1-2-10/h5-6,10,12,16-17H,1-4,7-8H2. The number of ether oxygens (including phenoxy) is 2. The quantitative estimate of drug-likeness (QED) is 0.842. The second kappa shape index (κ2) is 5.69. The zero-order chi connectivity index (χ0) is 13.2. The Balaban J connectivity index is 1.64. The maximum absolute atomic E-state index is 9.10. The third kappa shape index (κ3) is 3.04. The molecule has 0 radical (unpaired) electrons. The van der Waals surface area contributed by atoms with E-state index < -0.39 is 0 Å². The summed E-state index contributed by atoms with van der Waals surface area (Å²) in [7, 11) is 0. The van der Waals surface area contributed by atoms with Crippen molar-refractivity contribution in [2.45, 2.75) is 31.8 Å². The number of halogens is 1. The van der Waals surface area contributed by atoms with E-state index in [1.54, 1.807) is 0 Å². The number of benzene rings is 1. The summed E-state index contributed by atoms with van der Waals surface area (Å²) in [6.07, 6.45) is 3.39. The normalized spacial score (nSPS) is 18.6. The molecule has 1 aliphatic carbocycles. The number of rotatable bonds is 6. The summed E-state index contributed by atoms with van der Waals surface area (Å²) in [5.74, 6) is 2.33. The van der Waals surface area contributed by atoms with Crippen molar-refractivity contribution < 1.29 is 14.6 Å². The Morgan fingerprint density at radius 2 is 2.21 bits per heavy atom. The van der Waals surface area contributed by atoms with Crippen molar-refractivity contribution in [2.75, 3.05) is 13.4 Å². The van der Waals surface area contributed by atoms with Crippen LogP contribution in [-0.4, -0.2) is 24.5 Å². The lowest BCUT2D eigenvalue weighted by Gasteiger charge is -2.17. The van der Waals surface area contributed by atoms with Gasteiger partial charge >= 0.3 is 0 Å². The van der Waals surface area contributed by atoms with Crippen LogP contribution in [0.2, 0.25) is 0 Å². The van der Waals surface area contributed by atoms with Gasteiger partial charge < -0.3 is 19.9 Å². The molecule has 0 amide bonds. The fourth-order valence-electron chi connectivity index (χ4n) is 2.51. The number of hydrogen-bond acceptors (Lipinski definition) is 4. The van der Waals surface area contributed by atoms with Gasteiger partial charge in [0.2, 0.25) is 6.79 Å². The van der Waals surface area contributed by atoms with Gasteiger partial charge in [-0.05, 0) is 58.8 Å². The van der Waals surface area contributed by atoms with Crippen LogP contribution >= 0.6 is 15.9 Å². The molecule has 3 rings (SSSR count). The summed E-state index contributed by atoms with van der Waals surface area (Å²) < 4.78 is 11.7. The summed E-state index contributed by atoms with van der Waals surface area (Å²) in [6.45, 7) is 1.33. The van der Waals surface area contributed by atoms with E-state index in [4.69, 9.17) is 14.6 Å². The minimum atomic E-state index is 0.249. The highest BCUT2D eigenvalue weighted by atomic mass is 79.9. The number of aliphatic hydroxyl groups is 1. The molecule has 1 aromatic rings. The van der Waals surface area contributed by atoms with E-state index in [1.807, 2.05) is 6.07 Å². The van der Waals surface area contributed by atoms with Crippen molar-refractivity contribution in [2.24, 2.45) is 5.92 Å². The molecule has 1 atom stereocenters. The molecule has 1 saturated carbocycles. The van der Waals surface area contributed by atoms with E-state index in [1.165, 1.54) is 18.4 Å². The maximum atomic E-state index is 9.10. The van der Waals surface area contributed by atoms with Gasteiger partial charge in [0.15, 0.2) is 11.5 Å². The molecule has 19 heavy (non-hydrogen) atoms. The third-order valence-corrected chi connectivity index (χ3v) is 4.28. The zero-order valence-electron chi connectivity index (χ0n) is 10.7. The van der Waals surface area contributed by atoms with Crippen LogP contribution in [0.25, 0.3) is 0 Å². The van der Waals surface area contributed by atoms with Gasteiger partial charge in [0.05, 0.1) is 4.47 Å². The summed E-state index contributed by atoms with van der Waals surface area (Å²) >= 11 is 3.50. The molecular formula is C14H18BrNO3. The second-order valence-electron chi connectivity index (χ2n) is 5.15. The Labute approximate surface area is 121 Å². The molecule has 0 spiro atoms. The summed E-state index contributed by atoms with van der Waals surface area (Å²) in [6, 6.07) is 4.50. The van der Waals surface area contributed by atoms with Gasteiger partial charge in [0.25, 0.3) is 0 Å². The monoisotopic (exact) mass is 327 g/mol. The molecule has 2 N–H and O–H groups in total. The number of hydrogen-bond donors (Lipinski definition) is 2. The smallest absolute Gasteiger partial charge is 0.231 e. The van der Waals surface area contributed by atoms with Crippen molar-refractivity contribution in [3.8, 4) is 11.5 Å². The number of fused-ring (bicyclic) bond motifs is 1. The molecule has 1 aromatic carbocycles. The fourth-order valence-corrected chi connectivity index (χ4v) is 3.12. The van der Waals surface area contributed by atoms with Crippen LogP contribution in [-0.2, 0) is 6.54 Å². The molecule has 4 nitrogen and oxygen atoms in total. The van der Waals surface area contributed by atoms with Crippen LogP contribution in [0.3, 0.4) is 0 Å². The van der Waals surface area contributed by atoms with Crippen LogP contribution in [0.1, 0.15) is 24.8 Å². The predicted octanol–water partition coefficient (Wildman–Crippen LogP) is 2.43. The molecule has 1 unspecified atom stereocenters. The van der Waals surface area contributed by atoms with Crippen molar-refractivity contribution in [1.82, 2.24) is 5.32 Å². The van der Waals surface area contributed by atoms with Gasteiger partial charge in [-0.2, -0.15) is 0 Å². The SMILES string of the molecule is OCCC(NCc1cc(Br)c2c(c1)OCO2)C1CC1. The highest BCUT2D eigenvalue weighted by Gasteiger charge is 2.30. The Bertz CT molecular complexity index is 462. The summed E-state index contributed by atoms with van der Waals surface area (Å²) in [5.41, 5.74) is 1.17. The average Bonchev–Trinajstić information content (AvgIpc) is 3.12. The average molecular weight is 328 g/mol. The van der Waals surface area contributed by atoms with E-state index in [0.29, 0.717) is 12.8 Å². The van der Waals surface area contributed by atoms with Gasteiger partial charge in [-0.3, -0.25) is 0 Å². The van der Waals surface area contributed by atoms with E-state index in [0.717, 1.165) is 34.9 Å². The summed E-state index contributed by atoms with van der Waals surface area (Å²) in [5, 5.41) is 12.6. The van der Waals surface area contributed by atoms with Gasteiger partial charge in [-0.15, -0.1) is 0 Å².